The highest BCUT2D eigenvalue weighted by Crippen LogP contribution is 2.12. The Morgan fingerprint density at radius 1 is 1.60 bits per heavy atom. The molecular weight excluding hydrogens is 276 g/mol. The number of oxime groups is 1. The molecule has 110 valence electrons. The van der Waals surface area contributed by atoms with Crippen molar-refractivity contribution in [2.24, 2.45) is 10.9 Å². The molecule has 0 aliphatic rings. The third-order valence-corrected chi connectivity index (χ3v) is 3.80. The number of carbonyl (C=O) groups is 1. The second-order valence-corrected chi connectivity index (χ2v) is 5.26. The second kappa shape index (κ2) is 7.74. The van der Waals surface area contributed by atoms with Crippen molar-refractivity contribution in [2.75, 3.05) is 19.1 Å². The van der Waals surface area contributed by atoms with Crippen molar-refractivity contribution in [3.63, 3.8) is 0 Å². The van der Waals surface area contributed by atoms with E-state index in [1.54, 1.807) is 35.8 Å². The van der Waals surface area contributed by atoms with E-state index in [0.717, 1.165) is 12.2 Å². The predicted molar refractivity (Wildman–Crippen MR) is 81.3 cm³/mol. The van der Waals surface area contributed by atoms with E-state index in [9.17, 15) is 4.79 Å². The van der Waals surface area contributed by atoms with E-state index < -0.39 is 0 Å². The number of nitrogens with zero attached hydrogens (tertiary/aromatic N) is 3. The number of thioether (sulfide) groups is 1. The van der Waals surface area contributed by atoms with E-state index in [1.165, 1.54) is 6.20 Å². The molecule has 1 unspecified atom stereocenters. The maximum absolute atomic E-state index is 12.3. The van der Waals surface area contributed by atoms with Gasteiger partial charge in [0, 0.05) is 30.6 Å². The molecule has 7 heteroatoms. The van der Waals surface area contributed by atoms with E-state index in [4.69, 9.17) is 10.9 Å². The summed E-state index contributed by atoms with van der Waals surface area (Å²) in [6.07, 6.45) is 4.34. The van der Waals surface area contributed by atoms with Crippen LogP contribution in [0.15, 0.2) is 23.5 Å². The molecule has 0 radical (unpaired) electrons. The monoisotopic (exact) mass is 296 g/mol. The van der Waals surface area contributed by atoms with Crippen LogP contribution in [-0.4, -0.2) is 51.9 Å². The molecule has 1 atom stereocenters. The number of nitrogens with two attached hydrogens (primary N) is 1. The van der Waals surface area contributed by atoms with Crippen LogP contribution in [0.5, 0.6) is 0 Å². The molecule has 0 fully saturated rings. The zero-order valence-electron chi connectivity index (χ0n) is 11.9. The van der Waals surface area contributed by atoms with Crippen LogP contribution in [0.3, 0.4) is 0 Å². The van der Waals surface area contributed by atoms with Gasteiger partial charge < -0.3 is 15.8 Å². The molecule has 0 bridgehead atoms. The highest BCUT2D eigenvalue weighted by molar-refractivity contribution is 7.98. The van der Waals surface area contributed by atoms with Crippen molar-refractivity contribution < 1.29 is 10.0 Å². The van der Waals surface area contributed by atoms with Crippen LogP contribution in [0, 0.1) is 0 Å². The highest BCUT2D eigenvalue weighted by atomic mass is 32.2. The third kappa shape index (κ3) is 3.86. The van der Waals surface area contributed by atoms with E-state index >= 15 is 0 Å². The summed E-state index contributed by atoms with van der Waals surface area (Å²) in [6, 6.07) is 3.37. The second-order valence-electron chi connectivity index (χ2n) is 4.35. The van der Waals surface area contributed by atoms with Crippen LogP contribution in [-0.2, 0) is 0 Å². The number of rotatable bonds is 6. The van der Waals surface area contributed by atoms with E-state index in [1.807, 2.05) is 6.26 Å². The largest absolute Gasteiger partial charge is 0.409 e. The first kappa shape index (κ1) is 16.3. The van der Waals surface area contributed by atoms with Gasteiger partial charge in [0.2, 0.25) is 0 Å². The molecule has 1 amide bonds. The van der Waals surface area contributed by atoms with Crippen molar-refractivity contribution in [1.29, 1.82) is 0 Å². The number of aromatic nitrogens is 1. The summed E-state index contributed by atoms with van der Waals surface area (Å²) >= 11 is 1.71. The van der Waals surface area contributed by atoms with Crippen molar-refractivity contribution in [1.82, 2.24) is 9.88 Å². The molecule has 0 aliphatic carbocycles. The Hall–Kier alpha value is -1.76. The molecule has 1 heterocycles. The van der Waals surface area contributed by atoms with E-state index in [-0.39, 0.29) is 17.8 Å². The van der Waals surface area contributed by atoms with Gasteiger partial charge in [-0.2, -0.15) is 11.8 Å². The van der Waals surface area contributed by atoms with Crippen molar-refractivity contribution in [2.45, 2.75) is 19.4 Å². The van der Waals surface area contributed by atoms with Crippen molar-refractivity contribution in [3.05, 3.63) is 29.6 Å². The summed E-state index contributed by atoms with van der Waals surface area (Å²) in [4.78, 5) is 18.1. The molecule has 1 aromatic heterocycles. The summed E-state index contributed by atoms with van der Waals surface area (Å²) in [6.45, 7) is 2.06. The molecule has 1 aromatic rings. The fourth-order valence-electron chi connectivity index (χ4n) is 1.77. The summed E-state index contributed by atoms with van der Waals surface area (Å²) in [5.41, 5.74) is 6.27. The Morgan fingerprint density at radius 2 is 2.30 bits per heavy atom. The van der Waals surface area contributed by atoms with Crippen LogP contribution in [0.1, 0.15) is 29.4 Å². The minimum Gasteiger partial charge on any atom is -0.409 e. The number of hydrogen-bond acceptors (Lipinski definition) is 5. The predicted octanol–water partition coefficient (Wildman–Crippen LogP) is 1.39. The summed E-state index contributed by atoms with van der Waals surface area (Å²) < 4.78 is 0. The zero-order valence-corrected chi connectivity index (χ0v) is 12.7. The maximum atomic E-state index is 12.3. The van der Waals surface area contributed by atoms with Gasteiger partial charge in [-0.25, -0.2) is 0 Å². The van der Waals surface area contributed by atoms with Crippen LogP contribution in [0.25, 0.3) is 0 Å². The smallest absolute Gasteiger partial charge is 0.272 e. The van der Waals surface area contributed by atoms with E-state index in [2.05, 4.69) is 17.1 Å². The highest BCUT2D eigenvalue weighted by Gasteiger charge is 2.20. The molecule has 0 aromatic carbocycles. The molecule has 0 aliphatic heterocycles. The summed E-state index contributed by atoms with van der Waals surface area (Å²) in [7, 11) is 1.78. The molecule has 0 saturated carbocycles. The minimum atomic E-state index is -0.128. The molecule has 6 nitrogen and oxygen atoms in total. The first-order valence-corrected chi connectivity index (χ1v) is 7.64. The third-order valence-electron chi connectivity index (χ3n) is 3.08. The topological polar surface area (TPSA) is 91.8 Å². The van der Waals surface area contributed by atoms with Gasteiger partial charge in [0.1, 0.15) is 5.69 Å². The van der Waals surface area contributed by atoms with Gasteiger partial charge in [0.15, 0.2) is 5.84 Å². The molecule has 0 spiro atoms. The lowest BCUT2D eigenvalue weighted by Gasteiger charge is -2.26. The maximum Gasteiger partial charge on any atom is 0.272 e. The standard InChI is InChI=1S/C13H20N4O2S/c1-4-10(8-20-3)17(2)13(18)11-6-5-9(7-15-11)12(14)16-19/h5-7,10,19H,4,8H2,1-3H3,(H2,14,16). The van der Waals surface area contributed by atoms with Crippen LogP contribution in [0.2, 0.25) is 0 Å². The fourth-order valence-corrected chi connectivity index (χ4v) is 2.62. The lowest BCUT2D eigenvalue weighted by Crippen LogP contribution is -2.38. The number of amides is 1. The van der Waals surface area contributed by atoms with E-state index in [0.29, 0.717) is 11.3 Å². The number of hydrogen-bond donors (Lipinski definition) is 2. The van der Waals surface area contributed by atoms with Gasteiger partial charge in [-0.05, 0) is 24.8 Å². The first-order valence-electron chi connectivity index (χ1n) is 6.25. The van der Waals surface area contributed by atoms with Gasteiger partial charge in [0.25, 0.3) is 5.91 Å². The Morgan fingerprint density at radius 3 is 2.75 bits per heavy atom. The average molecular weight is 296 g/mol. The van der Waals surface area contributed by atoms with Crippen LogP contribution >= 0.6 is 11.8 Å². The fraction of sp³-hybridized carbons (Fsp3) is 0.462. The number of amidine groups is 1. The normalized spacial score (nSPS) is 13.1. The Kier molecular flexibility index (Phi) is 6.30. The lowest BCUT2D eigenvalue weighted by molar-refractivity contribution is 0.0737. The summed E-state index contributed by atoms with van der Waals surface area (Å²) in [5.74, 6) is 0.733. The van der Waals surface area contributed by atoms with Gasteiger partial charge >= 0.3 is 0 Å². The van der Waals surface area contributed by atoms with Gasteiger partial charge in [-0.1, -0.05) is 12.1 Å². The van der Waals surface area contributed by atoms with Gasteiger partial charge in [0.05, 0.1) is 0 Å². The SMILES string of the molecule is CCC(CSC)N(C)C(=O)c1ccc(/C(N)=N/O)cn1. The molecular formula is C13H20N4O2S. The summed E-state index contributed by atoms with van der Waals surface area (Å²) in [5, 5.41) is 11.5. The molecule has 20 heavy (non-hydrogen) atoms. The van der Waals surface area contributed by atoms with Crippen LogP contribution in [0.4, 0.5) is 0 Å². The molecule has 3 N–H and O–H groups in total. The average Bonchev–Trinajstić information content (AvgIpc) is 2.50. The van der Waals surface area contributed by atoms with Crippen molar-refractivity contribution >= 4 is 23.5 Å². The molecule has 0 saturated heterocycles. The Labute approximate surface area is 123 Å². The van der Waals surface area contributed by atoms with Crippen LogP contribution < -0.4 is 5.73 Å². The first-order chi connectivity index (χ1) is 9.54. The zero-order chi connectivity index (χ0) is 15.1. The number of pyridine rings is 1. The van der Waals surface area contributed by atoms with Gasteiger partial charge in [-0.3, -0.25) is 9.78 Å². The van der Waals surface area contributed by atoms with Gasteiger partial charge in [-0.15, -0.1) is 0 Å². The Bertz CT molecular complexity index is 476. The quantitative estimate of drug-likeness (QED) is 0.358. The minimum absolute atomic E-state index is 0.0290. The van der Waals surface area contributed by atoms with Crippen molar-refractivity contribution in [3.8, 4) is 0 Å². The number of carbonyl (C=O) groups excluding carboxylic acids is 1. The molecule has 1 rings (SSSR count). The Balaban J connectivity index is 2.86. The lowest BCUT2D eigenvalue weighted by atomic mass is 10.2.